The zero-order chi connectivity index (χ0) is 13.9. The van der Waals surface area contributed by atoms with Gasteiger partial charge in [0.1, 0.15) is 6.61 Å². The minimum Gasteiger partial charge on any atom is -0.383 e. The molecule has 20 heavy (non-hydrogen) atoms. The maximum absolute atomic E-state index is 12.0. The van der Waals surface area contributed by atoms with Gasteiger partial charge in [-0.3, -0.25) is 9.69 Å². The maximum Gasteiger partial charge on any atom is 0.249 e. The van der Waals surface area contributed by atoms with Crippen molar-refractivity contribution in [1.82, 2.24) is 9.80 Å². The van der Waals surface area contributed by atoms with Crippen molar-refractivity contribution in [2.45, 2.75) is 31.0 Å². The first-order valence-corrected chi connectivity index (χ1v) is 7.51. The molecular formula is C14H24N2O4. The second kappa shape index (κ2) is 6.39. The summed E-state index contributed by atoms with van der Waals surface area (Å²) in [7, 11) is 1.67. The SMILES string of the molecule is COCCN1C(=O)CO[C@H]2CN(C3CCOCC3)C[C@H]21. The molecule has 6 heteroatoms. The molecule has 0 aromatic rings. The second-order valence-corrected chi connectivity index (χ2v) is 5.79. The van der Waals surface area contributed by atoms with E-state index in [1.165, 1.54) is 0 Å². The molecule has 114 valence electrons. The van der Waals surface area contributed by atoms with E-state index in [4.69, 9.17) is 14.2 Å². The van der Waals surface area contributed by atoms with E-state index in [2.05, 4.69) is 4.90 Å². The number of amides is 1. The number of carbonyl (C=O) groups is 1. The molecule has 0 aromatic heterocycles. The predicted molar refractivity (Wildman–Crippen MR) is 72.5 cm³/mol. The third-order valence-electron chi connectivity index (χ3n) is 4.65. The van der Waals surface area contributed by atoms with Crippen LogP contribution >= 0.6 is 0 Å². The van der Waals surface area contributed by atoms with Crippen LogP contribution in [0, 0.1) is 0 Å². The lowest BCUT2D eigenvalue weighted by molar-refractivity contribution is -0.153. The molecule has 3 aliphatic heterocycles. The predicted octanol–water partition coefficient (Wildman–Crippen LogP) is -0.277. The summed E-state index contributed by atoms with van der Waals surface area (Å²) in [6.07, 6.45) is 2.34. The van der Waals surface area contributed by atoms with Crippen LogP contribution in [0.15, 0.2) is 0 Å². The monoisotopic (exact) mass is 284 g/mol. The van der Waals surface area contributed by atoms with Crippen LogP contribution in [-0.4, -0.2) is 87.1 Å². The standard InChI is InChI=1S/C14H24N2O4/c1-18-7-4-16-12-8-15(11-2-5-19-6-3-11)9-13(12)20-10-14(16)17/h11-13H,2-10H2,1H3/t12-,13+/m1/s1. The highest BCUT2D eigenvalue weighted by molar-refractivity contribution is 5.78. The normalized spacial score (nSPS) is 32.6. The molecule has 0 radical (unpaired) electrons. The molecule has 0 spiro atoms. The number of nitrogens with zero attached hydrogens (tertiary/aromatic N) is 2. The molecule has 3 aliphatic rings. The van der Waals surface area contributed by atoms with Gasteiger partial charge in [-0.1, -0.05) is 0 Å². The Morgan fingerprint density at radius 3 is 2.85 bits per heavy atom. The van der Waals surface area contributed by atoms with E-state index < -0.39 is 0 Å². The van der Waals surface area contributed by atoms with Gasteiger partial charge in [-0.15, -0.1) is 0 Å². The Bertz CT molecular complexity index is 346. The number of fused-ring (bicyclic) bond motifs is 1. The minimum absolute atomic E-state index is 0.0946. The van der Waals surface area contributed by atoms with Gasteiger partial charge in [-0.05, 0) is 12.8 Å². The molecule has 3 rings (SSSR count). The van der Waals surface area contributed by atoms with Crippen LogP contribution in [0.2, 0.25) is 0 Å². The van der Waals surface area contributed by atoms with Crippen molar-refractivity contribution in [3.63, 3.8) is 0 Å². The summed E-state index contributed by atoms with van der Waals surface area (Å²) in [5, 5.41) is 0. The Balaban J connectivity index is 1.63. The van der Waals surface area contributed by atoms with Gasteiger partial charge in [-0.25, -0.2) is 0 Å². The van der Waals surface area contributed by atoms with Crippen LogP contribution in [0.3, 0.4) is 0 Å². The Morgan fingerprint density at radius 1 is 1.30 bits per heavy atom. The van der Waals surface area contributed by atoms with Gasteiger partial charge in [-0.2, -0.15) is 0 Å². The summed E-state index contributed by atoms with van der Waals surface area (Å²) in [4.78, 5) is 16.5. The van der Waals surface area contributed by atoms with Crippen LogP contribution in [-0.2, 0) is 19.0 Å². The summed E-state index contributed by atoms with van der Waals surface area (Å²) in [6.45, 7) is 5.03. The van der Waals surface area contributed by atoms with Crippen LogP contribution in [0.5, 0.6) is 0 Å². The number of ether oxygens (including phenoxy) is 3. The summed E-state index contributed by atoms with van der Waals surface area (Å²) in [5.41, 5.74) is 0. The molecule has 0 aliphatic carbocycles. The van der Waals surface area contributed by atoms with E-state index in [1.54, 1.807) is 7.11 Å². The Hall–Kier alpha value is -0.690. The molecule has 0 saturated carbocycles. The van der Waals surface area contributed by atoms with Gasteiger partial charge in [0, 0.05) is 46.0 Å². The number of hydrogen-bond donors (Lipinski definition) is 0. The van der Waals surface area contributed by atoms with E-state index >= 15 is 0 Å². The molecule has 0 bridgehead atoms. The van der Waals surface area contributed by atoms with Gasteiger partial charge >= 0.3 is 0 Å². The maximum atomic E-state index is 12.0. The third-order valence-corrected chi connectivity index (χ3v) is 4.65. The highest BCUT2D eigenvalue weighted by atomic mass is 16.5. The van der Waals surface area contributed by atoms with E-state index in [0.29, 0.717) is 19.2 Å². The number of carbonyl (C=O) groups excluding carboxylic acids is 1. The molecule has 2 atom stereocenters. The Morgan fingerprint density at radius 2 is 2.10 bits per heavy atom. The lowest BCUT2D eigenvalue weighted by Gasteiger charge is -2.36. The third kappa shape index (κ3) is 2.83. The largest absolute Gasteiger partial charge is 0.383 e. The minimum atomic E-state index is 0.0946. The van der Waals surface area contributed by atoms with Gasteiger partial charge in [0.25, 0.3) is 0 Å². The smallest absolute Gasteiger partial charge is 0.249 e. The lowest BCUT2D eigenvalue weighted by Crippen LogP contribution is -2.54. The molecule has 6 nitrogen and oxygen atoms in total. The topological polar surface area (TPSA) is 51.2 Å². The number of methoxy groups -OCH3 is 1. The molecule has 0 unspecified atom stereocenters. The fourth-order valence-corrected chi connectivity index (χ4v) is 3.52. The van der Waals surface area contributed by atoms with E-state index in [9.17, 15) is 4.79 Å². The summed E-state index contributed by atoms with van der Waals surface area (Å²) < 4.78 is 16.3. The second-order valence-electron chi connectivity index (χ2n) is 5.79. The Kier molecular flexibility index (Phi) is 4.55. The summed E-state index contributed by atoms with van der Waals surface area (Å²) in [6, 6.07) is 0.770. The highest BCUT2D eigenvalue weighted by Crippen LogP contribution is 2.27. The first kappa shape index (κ1) is 14.3. The zero-order valence-corrected chi connectivity index (χ0v) is 12.1. The van der Waals surface area contributed by atoms with Gasteiger partial charge in [0.05, 0.1) is 18.8 Å². The van der Waals surface area contributed by atoms with Crippen molar-refractivity contribution in [1.29, 1.82) is 0 Å². The van der Waals surface area contributed by atoms with Crippen LogP contribution in [0.1, 0.15) is 12.8 Å². The van der Waals surface area contributed by atoms with Crippen LogP contribution < -0.4 is 0 Å². The van der Waals surface area contributed by atoms with Crippen molar-refractivity contribution >= 4 is 5.91 Å². The fourth-order valence-electron chi connectivity index (χ4n) is 3.52. The van der Waals surface area contributed by atoms with Crippen LogP contribution in [0.4, 0.5) is 0 Å². The molecular weight excluding hydrogens is 260 g/mol. The van der Waals surface area contributed by atoms with Gasteiger partial charge < -0.3 is 19.1 Å². The van der Waals surface area contributed by atoms with E-state index in [1.807, 2.05) is 4.90 Å². The van der Waals surface area contributed by atoms with Crippen molar-refractivity contribution in [2.75, 3.05) is 53.2 Å². The summed E-state index contributed by atoms with van der Waals surface area (Å²) in [5.74, 6) is 0.0946. The van der Waals surface area contributed by atoms with E-state index in [0.717, 1.165) is 39.1 Å². The van der Waals surface area contributed by atoms with Crippen molar-refractivity contribution < 1.29 is 19.0 Å². The molecule has 1 amide bonds. The fraction of sp³-hybridized carbons (Fsp3) is 0.929. The average Bonchev–Trinajstić information content (AvgIpc) is 2.91. The highest BCUT2D eigenvalue weighted by Gasteiger charge is 2.44. The zero-order valence-electron chi connectivity index (χ0n) is 12.1. The number of likely N-dealkylation sites (tertiary alicyclic amines) is 1. The molecule has 0 N–H and O–H groups in total. The number of hydrogen-bond acceptors (Lipinski definition) is 5. The molecule has 3 saturated heterocycles. The van der Waals surface area contributed by atoms with Gasteiger partial charge in [0.15, 0.2) is 0 Å². The first-order chi connectivity index (χ1) is 9.79. The summed E-state index contributed by atoms with van der Waals surface area (Å²) >= 11 is 0. The lowest BCUT2D eigenvalue weighted by atomic mass is 10.1. The van der Waals surface area contributed by atoms with Crippen molar-refractivity contribution in [3.05, 3.63) is 0 Å². The number of morpholine rings is 1. The van der Waals surface area contributed by atoms with Gasteiger partial charge in [0.2, 0.25) is 5.91 Å². The van der Waals surface area contributed by atoms with Crippen LogP contribution in [0.25, 0.3) is 0 Å². The van der Waals surface area contributed by atoms with Crippen molar-refractivity contribution in [2.24, 2.45) is 0 Å². The van der Waals surface area contributed by atoms with Crippen molar-refractivity contribution in [3.8, 4) is 0 Å². The quantitative estimate of drug-likeness (QED) is 0.711. The first-order valence-electron chi connectivity index (χ1n) is 7.51. The van der Waals surface area contributed by atoms with E-state index in [-0.39, 0.29) is 24.7 Å². The molecule has 0 aromatic carbocycles. The molecule has 3 heterocycles. The molecule has 3 fully saturated rings. The average molecular weight is 284 g/mol. The number of rotatable bonds is 4. The Labute approximate surface area is 119 Å².